The third-order valence-corrected chi connectivity index (χ3v) is 5.07. The summed E-state index contributed by atoms with van der Waals surface area (Å²) < 4.78 is 11.3. The van der Waals surface area contributed by atoms with E-state index in [9.17, 15) is 4.79 Å². The Labute approximate surface area is 170 Å². The number of hydrogen-bond donors (Lipinski definition) is 0. The second-order valence-electron chi connectivity index (χ2n) is 7.10. The molecule has 1 saturated heterocycles. The smallest absolute Gasteiger partial charge is 0.410 e. The molecule has 1 aliphatic rings. The molecule has 1 aromatic heterocycles. The fraction of sp³-hybridized carbons (Fsp3) is 0.250. The Morgan fingerprint density at radius 2 is 1.62 bits per heavy atom. The summed E-state index contributed by atoms with van der Waals surface area (Å²) in [4.78, 5) is 18.8. The van der Waals surface area contributed by atoms with Gasteiger partial charge in [0, 0.05) is 18.8 Å². The van der Waals surface area contributed by atoms with Crippen molar-refractivity contribution in [2.75, 3.05) is 6.54 Å². The van der Waals surface area contributed by atoms with Gasteiger partial charge in [-0.05, 0) is 29.5 Å². The normalized spacial score (nSPS) is 15.9. The van der Waals surface area contributed by atoms with Crippen LogP contribution in [0.3, 0.4) is 0 Å². The van der Waals surface area contributed by atoms with Crippen molar-refractivity contribution < 1.29 is 14.3 Å². The SMILES string of the molecule is O=C(OCc1ccccc1)N1CCC[C@@H]1c1ccc(OCc2ccccc2)nc1. The Morgan fingerprint density at radius 1 is 0.931 bits per heavy atom. The first-order chi connectivity index (χ1) is 14.3. The number of nitrogens with zero attached hydrogens (tertiary/aromatic N) is 2. The number of carbonyl (C=O) groups excluding carboxylic acids is 1. The quantitative estimate of drug-likeness (QED) is 0.587. The molecule has 2 aromatic carbocycles. The molecule has 1 fully saturated rings. The number of rotatable bonds is 6. The molecule has 148 valence electrons. The summed E-state index contributed by atoms with van der Waals surface area (Å²) >= 11 is 0. The van der Waals surface area contributed by atoms with Crippen molar-refractivity contribution in [1.82, 2.24) is 9.88 Å². The molecule has 1 aliphatic heterocycles. The molecule has 1 amide bonds. The lowest BCUT2D eigenvalue weighted by atomic mass is 10.1. The van der Waals surface area contributed by atoms with E-state index in [4.69, 9.17) is 9.47 Å². The zero-order chi connectivity index (χ0) is 19.9. The highest BCUT2D eigenvalue weighted by Crippen LogP contribution is 2.32. The third-order valence-electron chi connectivity index (χ3n) is 5.07. The molecule has 0 N–H and O–H groups in total. The van der Waals surface area contributed by atoms with Crippen molar-refractivity contribution in [2.24, 2.45) is 0 Å². The van der Waals surface area contributed by atoms with Gasteiger partial charge in [-0.3, -0.25) is 0 Å². The van der Waals surface area contributed by atoms with Crippen molar-refractivity contribution in [3.8, 4) is 5.88 Å². The van der Waals surface area contributed by atoms with Gasteiger partial charge in [0.2, 0.25) is 5.88 Å². The van der Waals surface area contributed by atoms with Gasteiger partial charge in [0.05, 0.1) is 6.04 Å². The monoisotopic (exact) mass is 388 g/mol. The molecule has 4 rings (SSSR count). The van der Waals surface area contributed by atoms with Gasteiger partial charge >= 0.3 is 6.09 Å². The maximum Gasteiger partial charge on any atom is 0.410 e. The predicted molar refractivity (Wildman–Crippen MR) is 110 cm³/mol. The molecular formula is C24H24N2O3. The predicted octanol–water partition coefficient (Wildman–Crippen LogP) is 5.13. The van der Waals surface area contributed by atoms with Crippen LogP contribution in [-0.2, 0) is 18.0 Å². The first-order valence-electron chi connectivity index (χ1n) is 9.89. The molecule has 0 spiro atoms. The number of hydrogen-bond acceptors (Lipinski definition) is 4. The maximum absolute atomic E-state index is 12.6. The Hall–Kier alpha value is -3.34. The third kappa shape index (κ3) is 4.93. The van der Waals surface area contributed by atoms with E-state index in [-0.39, 0.29) is 18.7 Å². The largest absolute Gasteiger partial charge is 0.473 e. The highest BCUT2D eigenvalue weighted by Gasteiger charge is 2.31. The van der Waals surface area contributed by atoms with E-state index in [1.165, 1.54) is 0 Å². The van der Waals surface area contributed by atoms with E-state index in [0.717, 1.165) is 29.5 Å². The zero-order valence-corrected chi connectivity index (χ0v) is 16.2. The molecule has 2 heterocycles. The van der Waals surface area contributed by atoms with E-state index < -0.39 is 0 Å². The van der Waals surface area contributed by atoms with E-state index >= 15 is 0 Å². The summed E-state index contributed by atoms with van der Waals surface area (Å²) in [6.07, 6.45) is 3.39. The van der Waals surface area contributed by atoms with Crippen molar-refractivity contribution in [3.63, 3.8) is 0 Å². The molecule has 0 radical (unpaired) electrons. The van der Waals surface area contributed by atoms with E-state index in [1.807, 2.05) is 72.8 Å². The maximum atomic E-state index is 12.6. The molecule has 5 heteroatoms. The van der Waals surface area contributed by atoms with E-state index in [2.05, 4.69) is 4.98 Å². The molecule has 0 unspecified atom stereocenters. The first-order valence-corrected chi connectivity index (χ1v) is 9.89. The molecule has 0 aliphatic carbocycles. The highest BCUT2D eigenvalue weighted by atomic mass is 16.6. The molecule has 0 bridgehead atoms. The number of likely N-dealkylation sites (tertiary alicyclic amines) is 1. The van der Waals surface area contributed by atoms with Crippen LogP contribution in [-0.4, -0.2) is 22.5 Å². The van der Waals surface area contributed by atoms with Gasteiger partial charge in [-0.2, -0.15) is 0 Å². The minimum atomic E-state index is -0.277. The summed E-state index contributed by atoms with van der Waals surface area (Å²) in [5, 5.41) is 0. The van der Waals surface area contributed by atoms with Gasteiger partial charge in [-0.25, -0.2) is 9.78 Å². The summed E-state index contributed by atoms with van der Waals surface area (Å²) in [5.74, 6) is 0.578. The van der Waals surface area contributed by atoms with Crippen LogP contribution >= 0.6 is 0 Å². The zero-order valence-electron chi connectivity index (χ0n) is 16.2. The minimum absolute atomic E-state index is 0.00560. The Balaban J connectivity index is 1.34. The van der Waals surface area contributed by atoms with Gasteiger partial charge in [0.15, 0.2) is 0 Å². The van der Waals surface area contributed by atoms with Gasteiger partial charge in [-0.1, -0.05) is 66.7 Å². The van der Waals surface area contributed by atoms with Gasteiger partial charge in [0.25, 0.3) is 0 Å². The van der Waals surface area contributed by atoms with Crippen molar-refractivity contribution in [3.05, 3.63) is 95.7 Å². The van der Waals surface area contributed by atoms with Crippen LogP contribution in [0.1, 0.15) is 35.6 Å². The topological polar surface area (TPSA) is 51.7 Å². The standard InChI is InChI=1S/C24H24N2O3/c27-24(29-18-20-10-5-2-6-11-20)26-15-7-12-22(26)21-13-14-23(25-16-21)28-17-19-8-3-1-4-9-19/h1-6,8-11,13-14,16,22H,7,12,15,17-18H2/t22-/m1/s1. The van der Waals surface area contributed by atoms with Crippen LogP contribution in [0, 0.1) is 0 Å². The molecule has 0 saturated carbocycles. The van der Waals surface area contributed by atoms with Crippen LogP contribution in [0.4, 0.5) is 4.79 Å². The average molecular weight is 388 g/mol. The van der Waals surface area contributed by atoms with Crippen LogP contribution in [0.5, 0.6) is 5.88 Å². The first kappa shape index (κ1) is 19.0. The molecule has 3 aromatic rings. The Bertz CT molecular complexity index is 914. The number of aromatic nitrogens is 1. The number of pyridine rings is 1. The van der Waals surface area contributed by atoms with Crippen molar-refractivity contribution in [1.29, 1.82) is 0 Å². The van der Waals surface area contributed by atoms with Crippen LogP contribution < -0.4 is 4.74 Å². The molecule has 1 atom stereocenters. The number of ether oxygens (including phenoxy) is 2. The lowest BCUT2D eigenvalue weighted by molar-refractivity contribution is 0.0920. The number of carbonyl (C=O) groups is 1. The van der Waals surface area contributed by atoms with Crippen molar-refractivity contribution in [2.45, 2.75) is 32.1 Å². The molecule has 29 heavy (non-hydrogen) atoms. The number of benzene rings is 2. The summed E-state index contributed by atoms with van der Waals surface area (Å²) in [7, 11) is 0. The molecular weight excluding hydrogens is 364 g/mol. The lowest BCUT2D eigenvalue weighted by Crippen LogP contribution is -2.31. The summed E-state index contributed by atoms with van der Waals surface area (Å²) in [5.41, 5.74) is 3.09. The lowest BCUT2D eigenvalue weighted by Gasteiger charge is -2.24. The highest BCUT2D eigenvalue weighted by molar-refractivity contribution is 5.68. The van der Waals surface area contributed by atoms with Crippen LogP contribution in [0.15, 0.2) is 79.0 Å². The van der Waals surface area contributed by atoms with Crippen molar-refractivity contribution >= 4 is 6.09 Å². The number of amides is 1. The van der Waals surface area contributed by atoms with Gasteiger partial charge in [-0.15, -0.1) is 0 Å². The summed E-state index contributed by atoms with van der Waals surface area (Å²) in [6.45, 7) is 1.46. The fourth-order valence-electron chi connectivity index (χ4n) is 3.54. The van der Waals surface area contributed by atoms with Crippen LogP contribution in [0.2, 0.25) is 0 Å². The minimum Gasteiger partial charge on any atom is -0.473 e. The van der Waals surface area contributed by atoms with E-state index in [1.54, 1.807) is 11.1 Å². The van der Waals surface area contributed by atoms with E-state index in [0.29, 0.717) is 19.0 Å². The van der Waals surface area contributed by atoms with Crippen LogP contribution in [0.25, 0.3) is 0 Å². The van der Waals surface area contributed by atoms with Gasteiger partial charge in [0.1, 0.15) is 13.2 Å². The Morgan fingerprint density at radius 3 is 2.28 bits per heavy atom. The fourth-order valence-corrected chi connectivity index (χ4v) is 3.54. The van der Waals surface area contributed by atoms with Gasteiger partial charge < -0.3 is 14.4 Å². The molecule has 5 nitrogen and oxygen atoms in total. The summed E-state index contributed by atoms with van der Waals surface area (Å²) in [6, 6.07) is 23.6. The second-order valence-corrected chi connectivity index (χ2v) is 7.10. The second kappa shape index (κ2) is 9.24. The average Bonchev–Trinajstić information content (AvgIpc) is 3.28. The Kier molecular flexibility index (Phi) is 6.05.